The molecule has 0 fully saturated rings. The normalized spacial score (nSPS) is 11.5. The van der Waals surface area contributed by atoms with Crippen LogP contribution in [0.5, 0.6) is 0 Å². The van der Waals surface area contributed by atoms with Gasteiger partial charge in [0.05, 0.1) is 17.5 Å². The molecule has 1 aromatic carbocycles. The molecule has 1 amide bonds. The third kappa shape index (κ3) is 4.98. The van der Waals surface area contributed by atoms with E-state index in [1.54, 1.807) is 5.38 Å². The van der Waals surface area contributed by atoms with E-state index in [0.29, 0.717) is 16.5 Å². The van der Waals surface area contributed by atoms with Crippen LogP contribution in [0.25, 0.3) is 21.5 Å². The van der Waals surface area contributed by atoms with E-state index in [0.717, 1.165) is 33.3 Å². The molecule has 1 N–H and O–H groups in total. The van der Waals surface area contributed by atoms with E-state index >= 15 is 0 Å². The van der Waals surface area contributed by atoms with Gasteiger partial charge >= 0.3 is 41.4 Å². The van der Waals surface area contributed by atoms with Gasteiger partial charge < -0.3 is 6.74 Å². The van der Waals surface area contributed by atoms with Crippen molar-refractivity contribution in [1.29, 1.82) is 0 Å². The Kier molecular flexibility index (Phi) is 7.72. The van der Waals surface area contributed by atoms with E-state index in [1.807, 2.05) is 0 Å². The zero-order valence-electron chi connectivity index (χ0n) is 19.3. The molecule has 0 aliphatic heterocycles. The summed E-state index contributed by atoms with van der Waals surface area (Å²) in [5.74, 6) is -4.14. The number of amides is 1. The average Bonchev–Trinajstić information content (AvgIpc) is 3.37. The molecule has 0 bridgehead atoms. The Morgan fingerprint density at radius 2 is 1.80 bits per heavy atom. The van der Waals surface area contributed by atoms with Gasteiger partial charge in [-0.15, -0.1) is 22.7 Å². The fraction of sp³-hybridized carbons (Fsp3) is 0.200. The van der Waals surface area contributed by atoms with Crippen molar-refractivity contribution in [2.24, 2.45) is 14.1 Å². The summed E-state index contributed by atoms with van der Waals surface area (Å²) in [6, 6.07) is 1.33. The zero-order valence-corrected chi connectivity index (χ0v) is 21.9. The number of aryl methyl sites for hydroxylation is 1. The number of nitrogens with zero attached hydrogens (tertiary/aromatic N) is 3. The van der Waals surface area contributed by atoms with Crippen LogP contribution in [-0.2, 0) is 31.5 Å². The number of thiophene rings is 1. The number of hydrogen-bond acceptors (Lipinski definition) is 6. The van der Waals surface area contributed by atoms with Crippen LogP contribution in [0.1, 0.15) is 12.6 Å². The number of alkyl halides is 3. The standard InChI is InChI=1S/C20H13F5N4O3S2.Na.H/c1-28-16(31)13-8(6-33-17(13)29(2)19(28)32)5-12(30)27-18-26-11(7-34-18)9-3-4-10(21)14(15(9)22)20(23,24)25;;/h3-4,6-7H,5H2,1-2H3,(H,26,27,30);;/q;+1;-1. The predicted molar refractivity (Wildman–Crippen MR) is 118 cm³/mol. The Labute approximate surface area is 224 Å². The van der Waals surface area contributed by atoms with Crippen molar-refractivity contribution in [2.75, 3.05) is 5.32 Å². The van der Waals surface area contributed by atoms with Crippen molar-refractivity contribution in [2.45, 2.75) is 12.6 Å². The predicted octanol–water partition coefficient (Wildman–Crippen LogP) is 1.02. The first-order chi connectivity index (χ1) is 15.9. The molecule has 0 spiro atoms. The number of thiazole rings is 1. The molecule has 0 radical (unpaired) electrons. The Balaban J connectivity index is 0.00000228. The third-order valence-corrected chi connectivity index (χ3v) is 6.86. The largest absolute Gasteiger partial charge is 1.00 e. The van der Waals surface area contributed by atoms with Gasteiger partial charge in [0.25, 0.3) is 5.56 Å². The molecule has 3 aromatic heterocycles. The molecular weight excluding hydrogens is 526 g/mol. The van der Waals surface area contributed by atoms with Crippen LogP contribution in [0.4, 0.5) is 27.1 Å². The zero-order chi connectivity index (χ0) is 24.9. The van der Waals surface area contributed by atoms with Gasteiger partial charge in [0.2, 0.25) is 5.91 Å². The molecule has 15 heteroatoms. The van der Waals surface area contributed by atoms with E-state index in [9.17, 15) is 36.3 Å². The number of aromatic nitrogens is 3. The molecule has 0 aliphatic carbocycles. The number of benzene rings is 1. The Morgan fingerprint density at radius 1 is 1.11 bits per heavy atom. The van der Waals surface area contributed by atoms with E-state index in [-0.39, 0.29) is 53.6 Å². The Morgan fingerprint density at radius 3 is 2.46 bits per heavy atom. The number of halogens is 5. The molecule has 35 heavy (non-hydrogen) atoms. The molecule has 0 atom stereocenters. The van der Waals surface area contributed by atoms with Crippen molar-refractivity contribution in [1.82, 2.24) is 14.1 Å². The summed E-state index contributed by atoms with van der Waals surface area (Å²) in [6.45, 7) is 0. The average molecular weight is 540 g/mol. The number of anilines is 1. The van der Waals surface area contributed by atoms with Crippen molar-refractivity contribution < 1.29 is 57.7 Å². The maximum Gasteiger partial charge on any atom is 1.00 e. The molecule has 0 saturated carbocycles. The van der Waals surface area contributed by atoms with Crippen molar-refractivity contribution >= 4 is 43.9 Å². The van der Waals surface area contributed by atoms with E-state index < -0.39 is 46.1 Å². The first-order valence-electron chi connectivity index (χ1n) is 9.37. The molecule has 4 aromatic rings. The number of rotatable bonds is 4. The summed E-state index contributed by atoms with van der Waals surface area (Å²) in [5, 5.41) is 5.43. The van der Waals surface area contributed by atoms with Crippen LogP contribution in [0, 0.1) is 11.6 Å². The minimum atomic E-state index is -5.24. The second kappa shape index (κ2) is 9.93. The van der Waals surface area contributed by atoms with Crippen LogP contribution in [0.15, 0.2) is 32.5 Å². The maximum absolute atomic E-state index is 14.4. The first-order valence-corrected chi connectivity index (χ1v) is 11.1. The quantitative estimate of drug-likeness (QED) is 0.310. The molecule has 180 valence electrons. The van der Waals surface area contributed by atoms with Crippen LogP contribution in [0.3, 0.4) is 0 Å². The Bertz CT molecular complexity index is 1580. The molecule has 0 aliphatic rings. The summed E-state index contributed by atoms with van der Waals surface area (Å²) in [5.41, 5.74) is -3.49. The first kappa shape index (κ1) is 27.2. The number of hydrogen-bond donors (Lipinski definition) is 1. The van der Waals surface area contributed by atoms with Gasteiger partial charge in [-0.05, 0) is 23.1 Å². The van der Waals surface area contributed by atoms with Gasteiger partial charge in [-0.3, -0.25) is 18.7 Å². The summed E-state index contributed by atoms with van der Waals surface area (Å²) < 4.78 is 69.1. The number of nitrogens with one attached hydrogen (secondary N) is 1. The van der Waals surface area contributed by atoms with Crippen molar-refractivity contribution in [3.05, 3.63) is 66.5 Å². The van der Waals surface area contributed by atoms with Crippen LogP contribution >= 0.6 is 22.7 Å². The summed E-state index contributed by atoms with van der Waals surface area (Å²) in [4.78, 5) is 41.4. The van der Waals surface area contributed by atoms with Gasteiger partial charge in [0.15, 0.2) is 5.13 Å². The van der Waals surface area contributed by atoms with Crippen LogP contribution in [-0.4, -0.2) is 20.0 Å². The van der Waals surface area contributed by atoms with E-state index in [4.69, 9.17) is 0 Å². The summed E-state index contributed by atoms with van der Waals surface area (Å²) in [7, 11) is 2.82. The third-order valence-electron chi connectivity index (χ3n) is 5.00. The van der Waals surface area contributed by atoms with Crippen LogP contribution < -0.4 is 46.1 Å². The van der Waals surface area contributed by atoms with Gasteiger partial charge in [0, 0.05) is 25.0 Å². The molecule has 3 heterocycles. The van der Waals surface area contributed by atoms with Gasteiger partial charge in [0.1, 0.15) is 22.0 Å². The van der Waals surface area contributed by atoms with Gasteiger partial charge in [-0.25, -0.2) is 18.6 Å². The van der Waals surface area contributed by atoms with Gasteiger partial charge in [-0.2, -0.15) is 13.2 Å². The van der Waals surface area contributed by atoms with Crippen molar-refractivity contribution in [3.63, 3.8) is 0 Å². The monoisotopic (exact) mass is 540 g/mol. The Hall–Kier alpha value is -2.39. The molecular formula is C20H14F5N4NaO3S2. The number of carbonyl (C=O) groups excluding carboxylic acids is 1. The minimum absolute atomic E-state index is 0. The number of carbonyl (C=O) groups is 1. The molecule has 4 rings (SSSR count). The topological polar surface area (TPSA) is 86.0 Å². The summed E-state index contributed by atoms with van der Waals surface area (Å²) >= 11 is 1.96. The second-order valence-electron chi connectivity index (χ2n) is 7.19. The van der Waals surface area contributed by atoms with Crippen LogP contribution in [0.2, 0.25) is 0 Å². The van der Waals surface area contributed by atoms with Crippen molar-refractivity contribution in [3.8, 4) is 11.3 Å². The summed E-state index contributed by atoms with van der Waals surface area (Å²) in [6.07, 6.45) is -5.48. The second-order valence-corrected chi connectivity index (χ2v) is 8.91. The fourth-order valence-corrected chi connectivity index (χ4v) is 5.11. The number of fused-ring (bicyclic) bond motifs is 1. The smallest absolute Gasteiger partial charge is 1.00 e. The molecule has 7 nitrogen and oxygen atoms in total. The molecule has 0 saturated heterocycles. The maximum atomic E-state index is 14.4. The molecule has 0 unspecified atom stereocenters. The van der Waals surface area contributed by atoms with E-state index in [2.05, 4.69) is 10.3 Å². The van der Waals surface area contributed by atoms with Gasteiger partial charge in [-0.1, -0.05) is 0 Å². The SMILES string of the molecule is Cn1c(=O)c2c(CC(=O)Nc3nc(-c4ccc(F)c(C(F)(F)F)c4F)cs3)csc2n(C)c1=O.[H-].[Na+]. The fourth-order valence-electron chi connectivity index (χ4n) is 3.36. The van der Waals surface area contributed by atoms with E-state index in [1.165, 1.54) is 24.0 Å². The minimum Gasteiger partial charge on any atom is -1.00 e.